The van der Waals surface area contributed by atoms with Crippen molar-refractivity contribution in [3.63, 3.8) is 0 Å². The summed E-state index contributed by atoms with van der Waals surface area (Å²) >= 11 is 0. The van der Waals surface area contributed by atoms with Crippen LogP contribution in [0.25, 0.3) is 11.8 Å². The minimum Gasteiger partial charge on any atom is -0.306 e. The molecular formula is C16H16N4O. The van der Waals surface area contributed by atoms with Gasteiger partial charge in [0.1, 0.15) is 0 Å². The maximum absolute atomic E-state index is 11.2. The van der Waals surface area contributed by atoms with Gasteiger partial charge in [0, 0.05) is 30.4 Å². The number of aromatic nitrogens is 2. The molecule has 1 amide bonds. The molecule has 0 saturated heterocycles. The van der Waals surface area contributed by atoms with Crippen LogP contribution in [0.15, 0.2) is 54.2 Å². The van der Waals surface area contributed by atoms with Gasteiger partial charge in [0.2, 0.25) is 5.91 Å². The zero-order chi connectivity index (χ0) is 14.7. The summed E-state index contributed by atoms with van der Waals surface area (Å²) in [5, 5.41) is 4.08. The lowest BCUT2D eigenvalue weighted by Gasteiger charge is -2.16. The highest BCUT2D eigenvalue weighted by Gasteiger charge is 2.17. The normalized spacial score (nSPS) is 18.6. The predicted molar refractivity (Wildman–Crippen MR) is 82.0 cm³/mol. The van der Waals surface area contributed by atoms with Gasteiger partial charge in [-0.05, 0) is 23.8 Å². The SMILES string of the molecule is C[C@@H]1CC(=O)NN=C1/C=C/c1ccc(-n2ccnc2)cc1. The van der Waals surface area contributed by atoms with Gasteiger partial charge in [0.15, 0.2) is 0 Å². The number of imidazole rings is 1. The second-order valence-corrected chi connectivity index (χ2v) is 5.07. The van der Waals surface area contributed by atoms with Crippen LogP contribution in [0.3, 0.4) is 0 Å². The molecule has 3 rings (SSSR count). The molecule has 0 bridgehead atoms. The number of nitrogens with one attached hydrogen (secondary N) is 1. The Bertz CT molecular complexity index is 684. The van der Waals surface area contributed by atoms with Crippen molar-refractivity contribution in [2.24, 2.45) is 11.0 Å². The number of benzene rings is 1. The van der Waals surface area contributed by atoms with E-state index in [2.05, 4.69) is 15.5 Å². The number of hydrogen-bond donors (Lipinski definition) is 1. The zero-order valence-corrected chi connectivity index (χ0v) is 11.7. The van der Waals surface area contributed by atoms with Crippen LogP contribution in [-0.2, 0) is 4.79 Å². The number of allylic oxidation sites excluding steroid dienone is 1. The fourth-order valence-corrected chi connectivity index (χ4v) is 2.22. The smallest absolute Gasteiger partial charge is 0.240 e. The Hall–Kier alpha value is -2.69. The van der Waals surface area contributed by atoms with Gasteiger partial charge in [-0.1, -0.05) is 25.1 Å². The van der Waals surface area contributed by atoms with E-state index in [1.165, 1.54) is 0 Å². The van der Waals surface area contributed by atoms with Gasteiger partial charge in [0.25, 0.3) is 0 Å². The summed E-state index contributed by atoms with van der Waals surface area (Å²) in [7, 11) is 0. The number of carbonyl (C=O) groups excluding carboxylic acids is 1. The molecule has 1 atom stereocenters. The van der Waals surface area contributed by atoms with Crippen LogP contribution in [0.5, 0.6) is 0 Å². The van der Waals surface area contributed by atoms with Crippen LogP contribution in [0, 0.1) is 5.92 Å². The molecule has 0 radical (unpaired) electrons. The Balaban J connectivity index is 1.73. The summed E-state index contributed by atoms with van der Waals surface area (Å²) < 4.78 is 1.95. The lowest BCUT2D eigenvalue weighted by molar-refractivity contribution is -0.121. The first-order chi connectivity index (χ1) is 10.2. The fraction of sp³-hybridized carbons (Fsp3) is 0.188. The molecular weight excluding hydrogens is 264 g/mol. The van der Waals surface area contributed by atoms with Crippen LogP contribution in [0.2, 0.25) is 0 Å². The van der Waals surface area contributed by atoms with E-state index in [1.54, 1.807) is 12.5 Å². The molecule has 0 saturated carbocycles. The molecule has 2 heterocycles. The standard InChI is InChI=1S/C16H16N4O/c1-12-10-16(21)19-18-15(12)7-4-13-2-5-14(6-3-13)20-9-8-17-11-20/h2-9,11-12H,10H2,1H3,(H,19,21)/b7-4+/t12-/m1/s1. The summed E-state index contributed by atoms with van der Waals surface area (Å²) in [5.74, 6) is 0.129. The third kappa shape index (κ3) is 3.08. The number of amides is 1. The van der Waals surface area contributed by atoms with Crippen LogP contribution in [0.4, 0.5) is 0 Å². The number of hydrazone groups is 1. The Labute approximate surface area is 123 Å². The van der Waals surface area contributed by atoms with E-state index in [0.29, 0.717) is 6.42 Å². The molecule has 1 aromatic carbocycles. The second-order valence-electron chi connectivity index (χ2n) is 5.07. The molecule has 0 fully saturated rings. The molecule has 1 N–H and O–H groups in total. The van der Waals surface area contributed by atoms with E-state index >= 15 is 0 Å². The first-order valence-corrected chi connectivity index (χ1v) is 6.85. The number of rotatable bonds is 3. The molecule has 0 aliphatic carbocycles. The first kappa shape index (κ1) is 13.3. The molecule has 0 spiro atoms. The minimum atomic E-state index is -0.0238. The molecule has 5 nitrogen and oxygen atoms in total. The van der Waals surface area contributed by atoms with Gasteiger partial charge >= 0.3 is 0 Å². The average molecular weight is 280 g/mol. The molecule has 1 aliphatic rings. The molecule has 1 aromatic heterocycles. The lowest BCUT2D eigenvalue weighted by atomic mass is 9.99. The Kier molecular flexibility index (Phi) is 3.64. The van der Waals surface area contributed by atoms with E-state index in [4.69, 9.17) is 0 Å². The number of carbonyl (C=O) groups is 1. The molecule has 21 heavy (non-hydrogen) atoms. The Morgan fingerprint density at radius 1 is 1.29 bits per heavy atom. The van der Waals surface area contributed by atoms with Crippen molar-refractivity contribution < 1.29 is 4.79 Å². The third-order valence-electron chi connectivity index (χ3n) is 3.45. The van der Waals surface area contributed by atoms with Crippen LogP contribution < -0.4 is 5.43 Å². The minimum absolute atomic E-state index is 0.0238. The molecule has 106 valence electrons. The van der Waals surface area contributed by atoms with Crippen molar-refractivity contribution in [3.8, 4) is 5.69 Å². The van der Waals surface area contributed by atoms with E-state index in [-0.39, 0.29) is 11.8 Å². The first-order valence-electron chi connectivity index (χ1n) is 6.85. The van der Waals surface area contributed by atoms with E-state index < -0.39 is 0 Å². The molecule has 5 heteroatoms. The second kappa shape index (κ2) is 5.75. The summed E-state index contributed by atoms with van der Waals surface area (Å²) in [6.07, 6.45) is 9.88. The van der Waals surface area contributed by atoms with Crippen LogP contribution in [-0.4, -0.2) is 21.2 Å². The van der Waals surface area contributed by atoms with E-state index in [9.17, 15) is 4.79 Å². The van der Waals surface area contributed by atoms with Crippen molar-refractivity contribution >= 4 is 17.7 Å². The van der Waals surface area contributed by atoms with E-state index in [1.807, 2.05) is 54.1 Å². The maximum Gasteiger partial charge on any atom is 0.240 e. The van der Waals surface area contributed by atoms with Crippen molar-refractivity contribution in [1.29, 1.82) is 0 Å². The van der Waals surface area contributed by atoms with Crippen molar-refractivity contribution in [1.82, 2.24) is 15.0 Å². The fourth-order valence-electron chi connectivity index (χ4n) is 2.22. The van der Waals surface area contributed by atoms with Crippen molar-refractivity contribution in [2.45, 2.75) is 13.3 Å². The van der Waals surface area contributed by atoms with Crippen molar-refractivity contribution in [2.75, 3.05) is 0 Å². The van der Waals surface area contributed by atoms with Gasteiger partial charge in [-0.25, -0.2) is 10.4 Å². The Morgan fingerprint density at radius 2 is 2.10 bits per heavy atom. The third-order valence-corrected chi connectivity index (χ3v) is 3.45. The maximum atomic E-state index is 11.2. The van der Waals surface area contributed by atoms with Gasteiger partial charge < -0.3 is 4.57 Å². The highest BCUT2D eigenvalue weighted by molar-refractivity contribution is 6.03. The van der Waals surface area contributed by atoms with Gasteiger partial charge in [-0.2, -0.15) is 5.10 Å². The molecule has 0 unspecified atom stereocenters. The highest BCUT2D eigenvalue weighted by Crippen LogP contribution is 2.14. The van der Waals surface area contributed by atoms with Gasteiger partial charge in [-0.15, -0.1) is 0 Å². The summed E-state index contributed by atoms with van der Waals surface area (Å²) in [6, 6.07) is 8.15. The summed E-state index contributed by atoms with van der Waals surface area (Å²) in [6.45, 7) is 2.00. The predicted octanol–water partition coefficient (Wildman–Crippen LogP) is 2.40. The van der Waals surface area contributed by atoms with E-state index in [0.717, 1.165) is 17.0 Å². The summed E-state index contributed by atoms with van der Waals surface area (Å²) in [4.78, 5) is 15.2. The number of hydrogen-bond acceptors (Lipinski definition) is 3. The van der Waals surface area contributed by atoms with Crippen LogP contribution >= 0.6 is 0 Å². The topological polar surface area (TPSA) is 59.3 Å². The van der Waals surface area contributed by atoms with Crippen molar-refractivity contribution in [3.05, 3.63) is 54.6 Å². The lowest BCUT2D eigenvalue weighted by Crippen LogP contribution is -2.30. The van der Waals surface area contributed by atoms with Crippen LogP contribution in [0.1, 0.15) is 18.9 Å². The highest BCUT2D eigenvalue weighted by atomic mass is 16.2. The zero-order valence-electron chi connectivity index (χ0n) is 11.7. The Morgan fingerprint density at radius 3 is 2.76 bits per heavy atom. The monoisotopic (exact) mass is 280 g/mol. The number of nitrogens with zero attached hydrogens (tertiary/aromatic N) is 3. The summed E-state index contributed by atoms with van der Waals surface area (Å²) in [5.41, 5.74) is 5.57. The van der Waals surface area contributed by atoms with Gasteiger partial charge in [-0.3, -0.25) is 4.79 Å². The quantitative estimate of drug-likeness (QED) is 0.938. The average Bonchev–Trinajstić information content (AvgIpc) is 3.01. The molecule has 1 aliphatic heterocycles. The molecule has 2 aromatic rings. The largest absolute Gasteiger partial charge is 0.306 e. The van der Waals surface area contributed by atoms with Gasteiger partial charge in [0.05, 0.1) is 12.0 Å².